The summed E-state index contributed by atoms with van der Waals surface area (Å²) in [6.07, 6.45) is 11.9. The summed E-state index contributed by atoms with van der Waals surface area (Å²) in [5.41, 5.74) is 7.37. The maximum atomic E-state index is 12.1. The van der Waals surface area contributed by atoms with Gasteiger partial charge in [-0.25, -0.2) is 34.3 Å². The topological polar surface area (TPSA) is 309 Å². The van der Waals surface area contributed by atoms with Crippen LogP contribution >= 0.6 is 117 Å². The summed E-state index contributed by atoms with van der Waals surface area (Å²) in [5, 5.41) is 22.0. The summed E-state index contributed by atoms with van der Waals surface area (Å²) in [7, 11) is 0. The fraction of sp³-hybridized carbons (Fsp3) is 0.273. The van der Waals surface area contributed by atoms with Gasteiger partial charge in [-0.15, -0.1) is 0 Å². The van der Waals surface area contributed by atoms with Crippen molar-refractivity contribution in [2.45, 2.75) is 99.0 Å². The molecular formula is C55H52Cl6N12O11S4. The van der Waals surface area contributed by atoms with Crippen molar-refractivity contribution < 1.29 is 48.3 Å². The van der Waals surface area contributed by atoms with Crippen LogP contribution in [0.15, 0.2) is 99.3 Å². The second-order valence-electron chi connectivity index (χ2n) is 17.5. The van der Waals surface area contributed by atoms with Crippen LogP contribution < -0.4 is 19.8 Å². The molecule has 0 unspecified atom stereocenters. The molecule has 0 aliphatic heterocycles. The molecule has 0 aliphatic carbocycles. The van der Waals surface area contributed by atoms with Crippen molar-refractivity contribution in [1.29, 1.82) is 0 Å². The summed E-state index contributed by atoms with van der Waals surface area (Å²) in [4.78, 5) is 103. The first-order valence-corrected chi connectivity index (χ1v) is 31.5. The molecule has 0 bridgehead atoms. The van der Waals surface area contributed by atoms with Crippen LogP contribution in [-0.4, -0.2) is 113 Å². The molecule has 0 radical (unpaired) electrons. The molecule has 0 atom stereocenters. The lowest BCUT2D eigenvalue weighted by Gasteiger charge is -2.11. The number of pyridine rings is 4. The van der Waals surface area contributed by atoms with E-state index in [1.807, 2.05) is 20.8 Å². The Balaban J connectivity index is 0.000000214. The third-order valence-electron chi connectivity index (χ3n) is 10.6. The van der Waals surface area contributed by atoms with Crippen LogP contribution in [0.4, 0.5) is 4.79 Å². The van der Waals surface area contributed by atoms with Crippen molar-refractivity contribution in [1.82, 2.24) is 59.4 Å². The van der Waals surface area contributed by atoms with E-state index in [1.54, 1.807) is 58.5 Å². The number of aromatic nitrogens is 12. The molecule has 8 aromatic rings. The van der Waals surface area contributed by atoms with E-state index in [0.29, 0.717) is 91.3 Å². The van der Waals surface area contributed by atoms with E-state index >= 15 is 0 Å². The minimum atomic E-state index is -0.783. The summed E-state index contributed by atoms with van der Waals surface area (Å²) < 4.78 is 20.6. The number of aliphatic hydroxyl groups is 2. The second kappa shape index (κ2) is 36.4. The van der Waals surface area contributed by atoms with Crippen molar-refractivity contribution in [2.24, 2.45) is 0 Å². The molecule has 8 aromatic heterocycles. The van der Waals surface area contributed by atoms with Crippen LogP contribution in [0.1, 0.15) is 70.0 Å². The highest BCUT2D eigenvalue weighted by Gasteiger charge is 2.19. The first kappa shape index (κ1) is 72.4. The predicted molar refractivity (Wildman–Crippen MR) is 337 cm³/mol. The highest BCUT2D eigenvalue weighted by molar-refractivity contribution is 7.99. The van der Waals surface area contributed by atoms with Gasteiger partial charge in [-0.05, 0) is 70.7 Å². The van der Waals surface area contributed by atoms with Crippen LogP contribution in [0.2, 0.25) is 30.1 Å². The highest BCUT2D eigenvalue weighted by Crippen LogP contribution is 2.33. The molecule has 8 rings (SSSR count). The van der Waals surface area contributed by atoms with Gasteiger partial charge in [0.05, 0.1) is 36.7 Å². The van der Waals surface area contributed by atoms with Gasteiger partial charge in [0.25, 0.3) is 5.56 Å². The Morgan fingerprint density at radius 3 is 1.15 bits per heavy atom. The lowest BCUT2D eigenvalue weighted by molar-refractivity contribution is -0.138. The quantitative estimate of drug-likeness (QED) is 0.0458. The fourth-order valence-electron chi connectivity index (χ4n) is 6.54. The van der Waals surface area contributed by atoms with E-state index in [2.05, 4.69) is 54.8 Å². The first-order chi connectivity index (χ1) is 41.9. The number of carbonyl (C=O) groups is 4. The maximum Gasteiger partial charge on any atom is 0.423 e. The average Bonchev–Trinajstić information content (AvgIpc) is 2.01. The van der Waals surface area contributed by atoms with Gasteiger partial charge >= 0.3 is 24.0 Å². The van der Waals surface area contributed by atoms with Crippen molar-refractivity contribution in [2.75, 3.05) is 19.8 Å². The van der Waals surface area contributed by atoms with Crippen molar-refractivity contribution in [3.05, 3.63) is 170 Å². The SMILES string of the molecule is CC(=O)Oc1cc(C)nc(SCc2c(C)cncc2Cl)n1.CCOC(=O)n1c(SCc2c(Cl)cncc2Cl)nc(C)cc1=O.Cc1cc(OC(=O)CO)nc(SCc2c(C)cncc2Cl)n1.Cc1cc(OC(=O)CO)nc(SCc2c(Cl)cncc2Cl)n1. The average molecular weight is 1400 g/mol. The molecule has 0 spiro atoms. The van der Waals surface area contributed by atoms with Crippen LogP contribution in [0.25, 0.3) is 0 Å². The number of rotatable bonds is 18. The zero-order valence-electron chi connectivity index (χ0n) is 47.7. The lowest BCUT2D eigenvalue weighted by atomic mass is 10.2. The van der Waals surface area contributed by atoms with Crippen molar-refractivity contribution >= 4 is 141 Å². The van der Waals surface area contributed by atoms with Crippen LogP contribution in [0.3, 0.4) is 0 Å². The van der Waals surface area contributed by atoms with Gasteiger partial charge in [0.2, 0.25) is 17.6 Å². The molecule has 88 heavy (non-hydrogen) atoms. The highest BCUT2D eigenvalue weighted by atomic mass is 35.5. The maximum absolute atomic E-state index is 12.1. The van der Waals surface area contributed by atoms with E-state index in [1.165, 1.54) is 97.0 Å². The van der Waals surface area contributed by atoms with Gasteiger partial charge in [0, 0.05) is 138 Å². The number of hydrogen-bond donors (Lipinski definition) is 2. The molecule has 464 valence electrons. The molecule has 2 N–H and O–H groups in total. The Kier molecular flexibility index (Phi) is 29.9. The Morgan fingerprint density at radius 2 is 0.795 bits per heavy atom. The number of aryl methyl sites for hydroxylation is 6. The van der Waals surface area contributed by atoms with Crippen LogP contribution in [0, 0.1) is 41.5 Å². The Morgan fingerprint density at radius 1 is 0.466 bits per heavy atom. The molecule has 0 aliphatic rings. The summed E-state index contributed by atoms with van der Waals surface area (Å²) in [6, 6.07) is 5.93. The zero-order valence-corrected chi connectivity index (χ0v) is 55.5. The third-order valence-corrected chi connectivity index (χ3v) is 16.1. The predicted octanol–water partition coefficient (Wildman–Crippen LogP) is 11.9. The number of thioether (sulfide) groups is 4. The summed E-state index contributed by atoms with van der Waals surface area (Å²) in [6.45, 7) is 12.6. The van der Waals surface area contributed by atoms with Crippen molar-refractivity contribution in [3.8, 4) is 17.6 Å². The van der Waals surface area contributed by atoms with Gasteiger partial charge in [-0.2, -0.15) is 19.5 Å². The standard InChI is InChI=1S/C14H13Cl2N3O3S.C14H14ClN3O3S.C14H14ClN3O2S.C13H11Cl2N3O3S/c1-3-22-14(21)19-12(20)4-8(2)18-13(19)23-7-9-10(15)5-17-6-11(9)16;1-8-4-16-5-11(15)10(8)7-22-14-17-9(2)3-12(18-14)21-13(20)6-19;1-8-5-16-6-12(15)11(8)7-21-14-17-9(2)4-13(18-14)20-10(3)19;1-7-2-11(21-12(20)5-19)18-13(17-7)22-6-8-9(14)3-16-4-10(8)15/h4-6H,3,7H2,1-2H3;3-5,19H,6-7H2,1-2H3;4-6H,7H2,1-3H3;2-4,19H,5-6H2,1H3. The van der Waals surface area contributed by atoms with Gasteiger partial charge in [-0.3, -0.25) is 29.5 Å². The zero-order chi connectivity index (χ0) is 64.6. The summed E-state index contributed by atoms with van der Waals surface area (Å²) >= 11 is 41.8. The minimum Gasteiger partial charge on any atom is -0.449 e. The molecule has 0 saturated carbocycles. The fourth-order valence-corrected chi connectivity index (χ4v) is 12.6. The number of esters is 3. The molecule has 8 heterocycles. The van der Waals surface area contributed by atoms with E-state index in [9.17, 15) is 24.0 Å². The molecule has 0 amide bonds. The van der Waals surface area contributed by atoms with Crippen LogP contribution in [0.5, 0.6) is 17.6 Å². The minimum absolute atomic E-state index is 0.0842. The lowest BCUT2D eigenvalue weighted by Crippen LogP contribution is -2.30. The number of ether oxygens (including phenoxy) is 4. The molecule has 0 aromatic carbocycles. The third kappa shape index (κ3) is 23.6. The van der Waals surface area contributed by atoms with Gasteiger partial charge in [0.1, 0.15) is 13.2 Å². The number of hydrogen-bond acceptors (Lipinski definition) is 26. The monoisotopic (exact) mass is 1390 g/mol. The molecule has 23 nitrogen and oxygen atoms in total. The van der Waals surface area contributed by atoms with E-state index in [4.69, 9.17) is 98.8 Å². The molecule has 0 fully saturated rings. The van der Waals surface area contributed by atoms with Gasteiger partial charge in [-0.1, -0.05) is 117 Å². The Hall–Kier alpha value is -6.34. The number of nitrogens with zero attached hydrogens (tertiary/aromatic N) is 12. The summed E-state index contributed by atoms with van der Waals surface area (Å²) in [5.74, 6) is 0.475. The second-order valence-corrected chi connectivity index (χ2v) is 23.7. The van der Waals surface area contributed by atoms with Gasteiger partial charge < -0.3 is 29.2 Å². The first-order valence-electron chi connectivity index (χ1n) is 25.3. The molecule has 0 saturated heterocycles. The van der Waals surface area contributed by atoms with Crippen molar-refractivity contribution in [3.63, 3.8) is 0 Å². The van der Waals surface area contributed by atoms with E-state index in [-0.39, 0.29) is 29.4 Å². The van der Waals surface area contributed by atoms with Crippen LogP contribution in [-0.2, 0) is 42.1 Å². The van der Waals surface area contributed by atoms with E-state index < -0.39 is 42.8 Å². The Labute approximate surface area is 551 Å². The van der Waals surface area contributed by atoms with E-state index in [0.717, 1.165) is 38.1 Å². The van der Waals surface area contributed by atoms with Gasteiger partial charge in [0.15, 0.2) is 20.6 Å². The molecular weight excluding hydrogens is 1350 g/mol. The normalized spacial score (nSPS) is 10.5. The largest absolute Gasteiger partial charge is 0.449 e. The smallest absolute Gasteiger partial charge is 0.423 e. The Bertz CT molecular complexity index is 3650. The molecule has 33 heteroatoms. The number of carbonyl (C=O) groups excluding carboxylic acids is 4. The number of halogens is 6. The number of aliphatic hydroxyl groups excluding tert-OH is 2.